The van der Waals surface area contributed by atoms with E-state index in [1.807, 2.05) is 30.1 Å². The van der Waals surface area contributed by atoms with E-state index in [1.165, 1.54) is 0 Å². The van der Waals surface area contributed by atoms with Gasteiger partial charge in [-0.15, -0.1) is 0 Å². The molecule has 0 atom stereocenters. The zero-order valence-corrected chi connectivity index (χ0v) is 8.39. The van der Waals surface area contributed by atoms with Crippen molar-refractivity contribution < 1.29 is 14.3 Å². The van der Waals surface area contributed by atoms with Gasteiger partial charge in [0.15, 0.2) is 5.69 Å². The molecule has 0 bridgehead atoms. The number of aromatic carboxylic acids is 1. The van der Waals surface area contributed by atoms with E-state index in [0.29, 0.717) is 11.7 Å². The van der Waals surface area contributed by atoms with E-state index >= 15 is 0 Å². The highest BCUT2D eigenvalue weighted by Crippen LogP contribution is 2.21. The highest BCUT2D eigenvalue weighted by Gasteiger charge is 2.17. The summed E-state index contributed by atoms with van der Waals surface area (Å²) in [5.74, 6) is -0.412. The number of carbonyl (C=O) groups is 1. The number of oxazole rings is 1. The largest absolute Gasteiger partial charge is 0.476 e. The third-order valence-electron chi connectivity index (χ3n) is 2.08. The van der Waals surface area contributed by atoms with Gasteiger partial charge in [-0.25, -0.2) is 9.78 Å². The summed E-state index contributed by atoms with van der Waals surface area (Å²) in [7, 11) is 1.87. The van der Waals surface area contributed by atoms with Crippen LogP contribution in [0.3, 0.4) is 0 Å². The number of hydrogen-bond donors (Lipinski definition) is 1. The monoisotopic (exact) mass is 206 g/mol. The minimum atomic E-state index is -1.07. The Morgan fingerprint density at radius 2 is 2.33 bits per heavy atom. The Morgan fingerprint density at radius 1 is 1.60 bits per heavy atom. The van der Waals surface area contributed by atoms with Gasteiger partial charge in [0, 0.05) is 19.4 Å². The number of rotatable bonds is 2. The second-order valence-electron chi connectivity index (χ2n) is 3.29. The van der Waals surface area contributed by atoms with Crippen LogP contribution in [0.2, 0.25) is 0 Å². The van der Waals surface area contributed by atoms with Gasteiger partial charge in [0.05, 0.1) is 5.56 Å². The third-order valence-corrected chi connectivity index (χ3v) is 2.08. The molecular formula is C10H10N2O3. The van der Waals surface area contributed by atoms with Crippen LogP contribution >= 0.6 is 0 Å². The first-order valence-electron chi connectivity index (χ1n) is 4.41. The van der Waals surface area contributed by atoms with E-state index < -0.39 is 5.97 Å². The number of nitrogens with zero attached hydrogens (tertiary/aromatic N) is 2. The topological polar surface area (TPSA) is 68.3 Å². The van der Waals surface area contributed by atoms with Crippen LogP contribution < -0.4 is 0 Å². The van der Waals surface area contributed by atoms with Gasteiger partial charge >= 0.3 is 5.97 Å². The summed E-state index contributed by atoms with van der Waals surface area (Å²) in [6.07, 6.45) is 3.66. The summed E-state index contributed by atoms with van der Waals surface area (Å²) in [5.41, 5.74) is 0.738. The van der Waals surface area contributed by atoms with Gasteiger partial charge in [-0.2, -0.15) is 0 Å². The molecule has 78 valence electrons. The lowest BCUT2D eigenvalue weighted by Crippen LogP contribution is -1.98. The molecule has 0 aliphatic carbocycles. The number of aryl methyl sites for hydroxylation is 2. The summed E-state index contributed by atoms with van der Waals surface area (Å²) in [5, 5.41) is 8.80. The summed E-state index contributed by atoms with van der Waals surface area (Å²) in [6, 6.07) is 1.82. The van der Waals surface area contributed by atoms with Crippen molar-refractivity contribution in [2.24, 2.45) is 7.05 Å². The van der Waals surface area contributed by atoms with Crippen LogP contribution in [-0.4, -0.2) is 20.6 Å². The standard InChI is InChI=1S/C10H10N2O3/c1-6-8(10(13)14)11-9(15-6)7-3-4-12(2)5-7/h3-5H,1-2H3,(H,13,14). The second kappa shape index (κ2) is 3.27. The minimum absolute atomic E-state index is 0.0335. The molecule has 0 saturated heterocycles. The van der Waals surface area contributed by atoms with Crippen LogP contribution in [0.1, 0.15) is 16.2 Å². The van der Waals surface area contributed by atoms with Gasteiger partial charge in [0.1, 0.15) is 5.76 Å². The maximum atomic E-state index is 10.7. The fourth-order valence-electron chi connectivity index (χ4n) is 1.35. The SMILES string of the molecule is Cc1oc(-c2ccn(C)c2)nc1C(=O)O. The smallest absolute Gasteiger partial charge is 0.358 e. The van der Waals surface area contributed by atoms with Gasteiger partial charge in [-0.05, 0) is 13.0 Å². The first kappa shape index (κ1) is 9.51. The van der Waals surface area contributed by atoms with Crippen LogP contribution in [0, 0.1) is 6.92 Å². The normalized spacial score (nSPS) is 10.5. The van der Waals surface area contributed by atoms with Gasteiger partial charge in [0.25, 0.3) is 0 Å². The molecule has 1 N–H and O–H groups in total. The molecule has 0 saturated carbocycles. The van der Waals surface area contributed by atoms with E-state index in [9.17, 15) is 4.79 Å². The highest BCUT2D eigenvalue weighted by atomic mass is 16.4. The van der Waals surface area contributed by atoms with E-state index in [1.54, 1.807) is 6.92 Å². The lowest BCUT2D eigenvalue weighted by molar-refractivity contribution is 0.0689. The van der Waals surface area contributed by atoms with Crippen LogP contribution in [0.5, 0.6) is 0 Å². The van der Waals surface area contributed by atoms with Gasteiger partial charge in [-0.3, -0.25) is 0 Å². The lowest BCUT2D eigenvalue weighted by atomic mass is 10.3. The van der Waals surface area contributed by atoms with Crippen LogP contribution in [0.25, 0.3) is 11.5 Å². The average Bonchev–Trinajstić information content (AvgIpc) is 2.71. The number of carboxylic acid groups (broad SMARTS) is 1. The molecule has 0 spiro atoms. The van der Waals surface area contributed by atoms with E-state index in [0.717, 1.165) is 5.56 Å². The maximum Gasteiger partial charge on any atom is 0.358 e. The van der Waals surface area contributed by atoms with Crippen molar-refractivity contribution in [3.8, 4) is 11.5 Å². The Labute approximate surface area is 86.0 Å². The molecule has 2 rings (SSSR count). The highest BCUT2D eigenvalue weighted by molar-refractivity contribution is 5.87. The molecular weight excluding hydrogens is 196 g/mol. The van der Waals surface area contributed by atoms with Crippen molar-refractivity contribution in [1.29, 1.82) is 0 Å². The molecule has 0 aromatic carbocycles. The quantitative estimate of drug-likeness (QED) is 0.811. The Hall–Kier alpha value is -2.04. The van der Waals surface area contributed by atoms with Crippen LogP contribution in [0.4, 0.5) is 0 Å². The first-order chi connectivity index (χ1) is 7.08. The van der Waals surface area contributed by atoms with Crippen molar-refractivity contribution in [3.05, 3.63) is 29.9 Å². The molecule has 0 aliphatic heterocycles. The molecule has 15 heavy (non-hydrogen) atoms. The Morgan fingerprint density at radius 3 is 2.80 bits per heavy atom. The molecule has 0 amide bonds. The zero-order valence-electron chi connectivity index (χ0n) is 8.39. The summed E-state index contributed by atoms with van der Waals surface area (Å²) in [6.45, 7) is 1.59. The molecule has 0 aliphatic rings. The molecule has 5 heteroatoms. The van der Waals surface area contributed by atoms with E-state index in [-0.39, 0.29) is 5.69 Å². The van der Waals surface area contributed by atoms with Crippen molar-refractivity contribution in [3.63, 3.8) is 0 Å². The van der Waals surface area contributed by atoms with Crippen molar-refractivity contribution in [2.45, 2.75) is 6.92 Å². The zero-order chi connectivity index (χ0) is 11.0. The van der Waals surface area contributed by atoms with E-state index in [4.69, 9.17) is 9.52 Å². The average molecular weight is 206 g/mol. The van der Waals surface area contributed by atoms with Gasteiger partial charge in [-0.1, -0.05) is 0 Å². The van der Waals surface area contributed by atoms with Crippen molar-refractivity contribution in [2.75, 3.05) is 0 Å². The Bertz CT molecular complexity index is 510. The molecule has 0 fully saturated rings. The number of carboxylic acids is 1. The Balaban J connectivity index is 2.46. The summed E-state index contributed by atoms with van der Waals surface area (Å²) in [4.78, 5) is 14.7. The molecule has 5 nitrogen and oxygen atoms in total. The molecule has 2 heterocycles. The van der Waals surface area contributed by atoms with Crippen LogP contribution in [-0.2, 0) is 7.05 Å². The second-order valence-corrected chi connectivity index (χ2v) is 3.29. The lowest BCUT2D eigenvalue weighted by Gasteiger charge is -1.87. The summed E-state index contributed by atoms with van der Waals surface area (Å²) < 4.78 is 7.11. The third kappa shape index (κ3) is 1.63. The summed E-state index contributed by atoms with van der Waals surface area (Å²) >= 11 is 0. The predicted molar refractivity (Wildman–Crippen MR) is 52.6 cm³/mol. The molecule has 2 aromatic heterocycles. The molecule has 2 aromatic rings. The van der Waals surface area contributed by atoms with Crippen molar-refractivity contribution in [1.82, 2.24) is 9.55 Å². The van der Waals surface area contributed by atoms with Crippen molar-refractivity contribution >= 4 is 5.97 Å². The van der Waals surface area contributed by atoms with Crippen LogP contribution in [0.15, 0.2) is 22.9 Å². The first-order valence-corrected chi connectivity index (χ1v) is 4.41. The number of hydrogen-bond acceptors (Lipinski definition) is 3. The molecule has 0 radical (unpaired) electrons. The van der Waals surface area contributed by atoms with E-state index in [2.05, 4.69) is 4.98 Å². The Kier molecular flexibility index (Phi) is 2.07. The molecule has 0 unspecified atom stereocenters. The fourth-order valence-corrected chi connectivity index (χ4v) is 1.35. The maximum absolute atomic E-state index is 10.7. The van der Waals surface area contributed by atoms with Gasteiger partial charge in [0.2, 0.25) is 5.89 Å². The minimum Gasteiger partial charge on any atom is -0.476 e. The fraction of sp³-hybridized carbons (Fsp3) is 0.200. The van der Waals surface area contributed by atoms with Gasteiger partial charge < -0.3 is 14.1 Å². The predicted octanol–water partition coefficient (Wildman–Crippen LogP) is 1.69. The number of aromatic nitrogens is 2.